The van der Waals surface area contributed by atoms with Crippen molar-refractivity contribution in [2.24, 2.45) is 0 Å². The van der Waals surface area contributed by atoms with Crippen LogP contribution in [0, 0.1) is 6.92 Å². The number of benzene rings is 2. The third kappa shape index (κ3) is 2.41. The summed E-state index contributed by atoms with van der Waals surface area (Å²) in [4.78, 5) is 14.5. The maximum atomic E-state index is 12.7. The molecule has 0 saturated heterocycles. The summed E-state index contributed by atoms with van der Waals surface area (Å²) >= 11 is 0.302. The third-order valence-electron chi connectivity index (χ3n) is 4.19. The number of aryl methyl sites for hydroxylation is 1. The van der Waals surface area contributed by atoms with Gasteiger partial charge in [-0.25, -0.2) is 0 Å². The molecule has 2 nitrogen and oxygen atoms in total. The zero-order valence-corrected chi connectivity index (χ0v) is 14.3. The number of likely N-dealkylation sites (N-methyl/N-ethyl adjacent to an activating group) is 1. The summed E-state index contributed by atoms with van der Waals surface area (Å²) in [6.45, 7) is 4.19. The van der Waals surface area contributed by atoms with E-state index in [1.165, 1.54) is 15.6 Å². The van der Waals surface area contributed by atoms with Gasteiger partial charge in [-0.3, -0.25) is 0 Å². The van der Waals surface area contributed by atoms with Crippen molar-refractivity contribution >= 4 is 31.0 Å². The Morgan fingerprint density at radius 1 is 1.10 bits per heavy atom. The summed E-state index contributed by atoms with van der Waals surface area (Å²) in [7, 11) is 1.88. The Morgan fingerprint density at radius 3 is 2.48 bits per heavy atom. The van der Waals surface area contributed by atoms with Crippen molar-refractivity contribution in [3.05, 3.63) is 59.7 Å². The van der Waals surface area contributed by atoms with E-state index in [-0.39, 0.29) is 11.3 Å². The second-order valence-corrected chi connectivity index (χ2v) is 8.02. The van der Waals surface area contributed by atoms with Crippen LogP contribution in [0.1, 0.15) is 18.1 Å². The summed E-state index contributed by atoms with van der Waals surface area (Å²) < 4.78 is 1.36. The molecule has 1 atom stereocenters. The molecule has 2 aromatic rings. The molecular weight excluding hydrogens is 325 g/mol. The average Bonchev–Trinajstić information content (AvgIpc) is 2.70. The molecule has 1 heterocycles. The minimum absolute atomic E-state index is 0.220. The molecule has 0 radical (unpaired) electrons. The van der Waals surface area contributed by atoms with E-state index >= 15 is 0 Å². The van der Waals surface area contributed by atoms with Gasteiger partial charge in [0.25, 0.3) is 0 Å². The summed E-state index contributed by atoms with van der Waals surface area (Å²) in [5, 5.41) is 0.906. The molecule has 1 amide bonds. The number of hydrogen-bond donors (Lipinski definition) is 0. The predicted molar refractivity (Wildman–Crippen MR) is 88.6 cm³/mol. The molecule has 0 aliphatic carbocycles. The third-order valence-corrected chi connectivity index (χ3v) is 6.97. The molecule has 21 heavy (non-hydrogen) atoms. The van der Waals surface area contributed by atoms with E-state index in [1.54, 1.807) is 4.90 Å². The SMILES string of the molecule is Cc1ccc([Se]C[C@]2(C)C(=O)N(C)c3ccccc32)cc1. The number of nitrogens with zero attached hydrogens (tertiary/aromatic N) is 1. The van der Waals surface area contributed by atoms with E-state index in [0.717, 1.165) is 11.0 Å². The molecular formula is C18H19NOSe. The second-order valence-electron chi connectivity index (χ2n) is 5.82. The van der Waals surface area contributed by atoms with Crippen molar-refractivity contribution < 1.29 is 4.79 Å². The number of para-hydroxylation sites is 1. The average molecular weight is 344 g/mol. The van der Waals surface area contributed by atoms with Gasteiger partial charge in [-0.15, -0.1) is 0 Å². The zero-order chi connectivity index (χ0) is 15.0. The molecule has 0 N–H and O–H groups in total. The van der Waals surface area contributed by atoms with Crippen molar-refractivity contribution in [2.45, 2.75) is 24.6 Å². The summed E-state index contributed by atoms with van der Waals surface area (Å²) in [5.41, 5.74) is 3.13. The normalized spacial score (nSPS) is 20.7. The Labute approximate surface area is 132 Å². The molecule has 2 aromatic carbocycles. The first kappa shape index (κ1) is 14.4. The van der Waals surface area contributed by atoms with E-state index in [0.29, 0.717) is 15.0 Å². The van der Waals surface area contributed by atoms with Crippen molar-refractivity contribution in [2.75, 3.05) is 11.9 Å². The topological polar surface area (TPSA) is 20.3 Å². The number of anilines is 1. The molecule has 0 unspecified atom stereocenters. The van der Waals surface area contributed by atoms with Crippen molar-refractivity contribution in [1.82, 2.24) is 0 Å². The van der Waals surface area contributed by atoms with Gasteiger partial charge in [-0.1, -0.05) is 0 Å². The van der Waals surface area contributed by atoms with Gasteiger partial charge in [0.2, 0.25) is 0 Å². The Balaban J connectivity index is 1.87. The first-order valence-electron chi connectivity index (χ1n) is 7.09. The van der Waals surface area contributed by atoms with Gasteiger partial charge in [-0.2, -0.15) is 0 Å². The molecule has 0 bridgehead atoms. The predicted octanol–water partition coefficient (Wildman–Crippen LogP) is 2.68. The van der Waals surface area contributed by atoms with Gasteiger partial charge in [0.15, 0.2) is 0 Å². The Morgan fingerprint density at radius 2 is 1.76 bits per heavy atom. The second kappa shape index (κ2) is 5.32. The van der Waals surface area contributed by atoms with Gasteiger partial charge >= 0.3 is 132 Å². The molecule has 0 spiro atoms. The molecule has 3 rings (SSSR count). The van der Waals surface area contributed by atoms with Gasteiger partial charge in [0.1, 0.15) is 0 Å². The summed E-state index contributed by atoms with van der Waals surface area (Å²) in [6.07, 6.45) is 0. The zero-order valence-electron chi connectivity index (χ0n) is 12.6. The van der Waals surface area contributed by atoms with E-state index in [4.69, 9.17) is 0 Å². The molecule has 3 heteroatoms. The first-order chi connectivity index (χ1) is 10.0. The van der Waals surface area contributed by atoms with Crippen LogP contribution in [0.15, 0.2) is 48.5 Å². The van der Waals surface area contributed by atoms with E-state index < -0.39 is 0 Å². The van der Waals surface area contributed by atoms with Crippen LogP contribution in [0.5, 0.6) is 0 Å². The van der Waals surface area contributed by atoms with Crippen molar-refractivity contribution in [3.63, 3.8) is 0 Å². The quantitative estimate of drug-likeness (QED) is 0.784. The van der Waals surface area contributed by atoms with Gasteiger partial charge in [-0.05, 0) is 0 Å². The Bertz CT molecular complexity index is 680. The Hall–Kier alpha value is -1.57. The molecule has 1 aliphatic rings. The number of fused-ring (bicyclic) bond motifs is 1. The van der Waals surface area contributed by atoms with Gasteiger partial charge < -0.3 is 0 Å². The fraction of sp³-hybridized carbons (Fsp3) is 0.278. The van der Waals surface area contributed by atoms with E-state index in [9.17, 15) is 4.79 Å². The van der Waals surface area contributed by atoms with E-state index in [2.05, 4.69) is 44.2 Å². The number of rotatable bonds is 3. The van der Waals surface area contributed by atoms with Crippen LogP contribution < -0.4 is 9.36 Å². The van der Waals surface area contributed by atoms with Crippen LogP contribution in [0.4, 0.5) is 5.69 Å². The fourth-order valence-corrected chi connectivity index (χ4v) is 5.06. The molecule has 0 saturated carbocycles. The Kier molecular flexibility index (Phi) is 3.64. The minimum atomic E-state index is -0.379. The van der Waals surface area contributed by atoms with Crippen molar-refractivity contribution in [1.29, 1.82) is 0 Å². The number of carbonyl (C=O) groups excluding carboxylic acids is 1. The van der Waals surface area contributed by atoms with Gasteiger partial charge in [0, 0.05) is 0 Å². The van der Waals surface area contributed by atoms with Crippen LogP contribution in [0.2, 0.25) is 5.32 Å². The van der Waals surface area contributed by atoms with Crippen molar-refractivity contribution in [3.8, 4) is 0 Å². The summed E-state index contributed by atoms with van der Waals surface area (Å²) in [5.74, 6) is 0.220. The van der Waals surface area contributed by atoms with Crippen LogP contribution in [0.25, 0.3) is 0 Å². The molecule has 108 valence electrons. The first-order valence-corrected chi connectivity index (χ1v) is 9.16. The standard InChI is InChI=1S/C18H19NOSe/c1-13-8-10-14(11-9-13)21-12-18(2)15-6-4-5-7-16(15)19(3)17(18)20/h4-11H,12H2,1-3H3/t18-/m0/s1. The van der Waals surface area contributed by atoms with Crippen LogP contribution in [0.3, 0.4) is 0 Å². The van der Waals surface area contributed by atoms with Crippen LogP contribution in [-0.4, -0.2) is 27.9 Å². The molecule has 1 aliphatic heterocycles. The molecule has 0 aromatic heterocycles. The fourth-order valence-electron chi connectivity index (χ4n) is 2.83. The molecule has 0 fully saturated rings. The van der Waals surface area contributed by atoms with Crippen LogP contribution in [-0.2, 0) is 10.2 Å². The maximum absolute atomic E-state index is 12.7. The monoisotopic (exact) mass is 345 g/mol. The van der Waals surface area contributed by atoms with Gasteiger partial charge in [0.05, 0.1) is 0 Å². The number of amides is 1. The number of carbonyl (C=O) groups is 1. The number of hydrogen-bond acceptors (Lipinski definition) is 1. The summed E-state index contributed by atoms with van der Waals surface area (Å²) in [6, 6.07) is 16.8. The van der Waals surface area contributed by atoms with E-state index in [1.807, 2.05) is 25.2 Å². The van der Waals surface area contributed by atoms with Crippen LogP contribution >= 0.6 is 0 Å².